The van der Waals surface area contributed by atoms with Gasteiger partial charge in [-0.2, -0.15) is 0 Å². The van der Waals surface area contributed by atoms with Crippen LogP contribution in [0.2, 0.25) is 5.02 Å². The number of ether oxygens (including phenoxy) is 1. The van der Waals surface area contributed by atoms with Gasteiger partial charge in [0.25, 0.3) is 10.0 Å². The van der Waals surface area contributed by atoms with Crippen LogP contribution in [0.25, 0.3) is 6.08 Å². The Kier molecular flexibility index (Phi) is 8.33. The molecule has 3 aromatic rings. The number of rotatable bonds is 10. The van der Waals surface area contributed by atoms with Crippen LogP contribution in [0.5, 0.6) is 11.5 Å². The summed E-state index contributed by atoms with van der Waals surface area (Å²) in [7, 11) is -3.86. The van der Waals surface area contributed by atoms with E-state index >= 15 is 0 Å². The summed E-state index contributed by atoms with van der Waals surface area (Å²) in [5, 5.41) is 11.2. The Labute approximate surface area is 212 Å². The molecule has 0 aliphatic carbocycles. The highest BCUT2D eigenvalue weighted by Crippen LogP contribution is 2.29. The normalized spacial score (nSPS) is 14.4. The van der Waals surface area contributed by atoms with E-state index < -0.39 is 10.0 Å². The first-order chi connectivity index (χ1) is 16.9. The molecule has 8 heteroatoms. The van der Waals surface area contributed by atoms with Crippen LogP contribution in [-0.4, -0.2) is 44.7 Å². The molecule has 6 nitrogen and oxygen atoms in total. The van der Waals surface area contributed by atoms with Crippen molar-refractivity contribution in [3.05, 3.63) is 94.4 Å². The summed E-state index contributed by atoms with van der Waals surface area (Å²) in [4.78, 5) is 2.38. The van der Waals surface area contributed by atoms with E-state index in [9.17, 15) is 13.5 Å². The molecule has 0 atom stereocenters. The van der Waals surface area contributed by atoms with Gasteiger partial charge in [0.2, 0.25) is 0 Å². The summed E-state index contributed by atoms with van der Waals surface area (Å²) in [6.45, 7) is 3.71. The van der Waals surface area contributed by atoms with Gasteiger partial charge >= 0.3 is 0 Å². The van der Waals surface area contributed by atoms with Crippen LogP contribution < -0.4 is 9.04 Å². The van der Waals surface area contributed by atoms with Gasteiger partial charge in [0.15, 0.2) is 0 Å². The predicted molar refractivity (Wildman–Crippen MR) is 141 cm³/mol. The van der Waals surface area contributed by atoms with E-state index in [4.69, 9.17) is 16.3 Å². The number of phenolic OH excluding ortho intramolecular Hbond substituents is 1. The number of hydrogen-bond acceptors (Lipinski definition) is 5. The van der Waals surface area contributed by atoms with E-state index in [2.05, 4.69) is 4.90 Å². The number of benzene rings is 3. The zero-order chi connectivity index (χ0) is 24.7. The molecule has 3 aromatic carbocycles. The van der Waals surface area contributed by atoms with E-state index in [1.165, 1.54) is 34.7 Å². The van der Waals surface area contributed by atoms with Gasteiger partial charge in [-0.1, -0.05) is 48.0 Å². The lowest BCUT2D eigenvalue weighted by Crippen LogP contribution is -2.28. The maximum Gasteiger partial charge on any atom is 0.257 e. The van der Waals surface area contributed by atoms with Gasteiger partial charge in [0.1, 0.15) is 18.1 Å². The maximum atomic E-state index is 13.4. The molecule has 184 valence electrons. The minimum atomic E-state index is -3.86. The van der Waals surface area contributed by atoms with Gasteiger partial charge in [-0.15, -0.1) is 0 Å². The Hall–Kier alpha value is -3.00. The first-order valence-corrected chi connectivity index (χ1v) is 13.5. The summed E-state index contributed by atoms with van der Waals surface area (Å²) in [6, 6.07) is 20.8. The first-order valence-electron chi connectivity index (χ1n) is 11.6. The minimum absolute atomic E-state index is 0.00966. The molecule has 0 amide bonds. The third-order valence-electron chi connectivity index (χ3n) is 5.89. The van der Waals surface area contributed by atoms with Gasteiger partial charge in [0, 0.05) is 11.6 Å². The highest BCUT2D eigenvalue weighted by Gasteiger charge is 2.22. The molecular weight excluding hydrogens is 484 g/mol. The molecule has 0 spiro atoms. The van der Waals surface area contributed by atoms with Crippen LogP contribution in [0.3, 0.4) is 0 Å². The fourth-order valence-electron chi connectivity index (χ4n) is 3.96. The number of phenols is 1. The van der Waals surface area contributed by atoms with Crippen molar-refractivity contribution in [2.45, 2.75) is 19.4 Å². The number of anilines is 1. The van der Waals surface area contributed by atoms with E-state index in [1.807, 2.05) is 30.3 Å². The summed E-state index contributed by atoms with van der Waals surface area (Å²) in [5.74, 6) is 0.709. The molecule has 0 unspecified atom stereocenters. The lowest BCUT2D eigenvalue weighted by molar-refractivity contribution is 0.238. The second-order valence-corrected chi connectivity index (χ2v) is 10.6. The number of aromatic hydroxyl groups is 1. The lowest BCUT2D eigenvalue weighted by atomic mass is 10.2. The van der Waals surface area contributed by atoms with Crippen LogP contribution in [0.15, 0.2) is 78.2 Å². The van der Waals surface area contributed by atoms with Crippen LogP contribution >= 0.6 is 11.6 Å². The molecule has 1 N–H and O–H groups in total. The van der Waals surface area contributed by atoms with Crippen molar-refractivity contribution in [3.63, 3.8) is 0 Å². The van der Waals surface area contributed by atoms with Crippen LogP contribution in [0.1, 0.15) is 24.0 Å². The smallest absolute Gasteiger partial charge is 0.257 e. The number of likely N-dealkylation sites (tertiary alicyclic amines) is 1. The Balaban J connectivity index is 1.55. The predicted octanol–water partition coefficient (Wildman–Crippen LogP) is 5.53. The van der Waals surface area contributed by atoms with Crippen LogP contribution in [0, 0.1) is 0 Å². The van der Waals surface area contributed by atoms with Crippen molar-refractivity contribution in [2.75, 3.05) is 30.5 Å². The van der Waals surface area contributed by atoms with Crippen molar-refractivity contribution in [2.24, 2.45) is 0 Å². The summed E-state index contributed by atoms with van der Waals surface area (Å²) >= 11 is 6.30. The Morgan fingerprint density at radius 1 is 1.00 bits per heavy atom. The van der Waals surface area contributed by atoms with Crippen LogP contribution in [-0.2, 0) is 16.6 Å². The SMILES string of the molecule is O=S(=O)(C=Cc1ccccc1)N(Cc1ccc(O)cc1Cl)c1ccc(OCCN2CCCC2)cc1. The van der Waals surface area contributed by atoms with Gasteiger partial charge in [-0.3, -0.25) is 9.21 Å². The molecule has 1 fully saturated rings. The number of halogens is 1. The molecule has 1 heterocycles. The zero-order valence-corrected chi connectivity index (χ0v) is 21.0. The largest absolute Gasteiger partial charge is 0.508 e. The Morgan fingerprint density at radius 2 is 1.71 bits per heavy atom. The molecular formula is C27H29ClN2O4S. The fraction of sp³-hybridized carbons (Fsp3) is 0.259. The number of sulfonamides is 1. The van der Waals surface area contributed by atoms with Crippen LogP contribution in [0.4, 0.5) is 5.69 Å². The van der Waals surface area contributed by atoms with Crippen molar-refractivity contribution in [3.8, 4) is 11.5 Å². The third kappa shape index (κ3) is 7.01. The first kappa shape index (κ1) is 25.1. The molecule has 1 saturated heterocycles. The molecule has 0 radical (unpaired) electrons. The minimum Gasteiger partial charge on any atom is -0.508 e. The molecule has 0 bridgehead atoms. The second-order valence-electron chi connectivity index (χ2n) is 8.43. The second kappa shape index (κ2) is 11.6. The van der Waals surface area contributed by atoms with Gasteiger partial charge < -0.3 is 9.84 Å². The van der Waals surface area contributed by atoms with E-state index in [1.54, 1.807) is 36.4 Å². The average molecular weight is 513 g/mol. The lowest BCUT2D eigenvalue weighted by Gasteiger charge is -2.24. The molecule has 4 rings (SSSR count). The highest BCUT2D eigenvalue weighted by molar-refractivity contribution is 7.95. The molecule has 0 aromatic heterocycles. The van der Waals surface area contributed by atoms with Gasteiger partial charge in [-0.05, 0) is 79.5 Å². The standard InChI is InChI=1S/C27H29ClN2O4S/c28-27-20-25(31)11-8-23(27)21-30(35(32,33)19-14-22-6-2-1-3-7-22)24-9-12-26(13-10-24)34-18-17-29-15-4-5-16-29/h1-3,6-14,19-20,31H,4-5,15-18,21H2. The van der Waals surface area contributed by atoms with Crippen molar-refractivity contribution >= 4 is 33.4 Å². The van der Waals surface area contributed by atoms with Crippen molar-refractivity contribution in [1.29, 1.82) is 0 Å². The fourth-order valence-corrected chi connectivity index (χ4v) is 5.40. The average Bonchev–Trinajstić information content (AvgIpc) is 3.37. The maximum absolute atomic E-state index is 13.4. The topological polar surface area (TPSA) is 70.1 Å². The molecule has 35 heavy (non-hydrogen) atoms. The third-order valence-corrected chi connectivity index (χ3v) is 7.68. The van der Waals surface area contributed by atoms with E-state index in [-0.39, 0.29) is 12.3 Å². The summed E-state index contributed by atoms with van der Waals surface area (Å²) in [6.07, 6.45) is 4.04. The quantitative estimate of drug-likeness (QED) is 0.387. The van der Waals surface area contributed by atoms with E-state index in [0.717, 1.165) is 25.2 Å². The van der Waals surface area contributed by atoms with Gasteiger partial charge in [0.05, 0.1) is 17.6 Å². The monoisotopic (exact) mass is 512 g/mol. The summed E-state index contributed by atoms with van der Waals surface area (Å²) in [5.41, 5.74) is 1.84. The Morgan fingerprint density at radius 3 is 2.40 bits per heavy atom. The number of nitrogens with zero attached hydrogens (tertiary/aromatic N) is 2. The van der Waals surface area contributed by atoms with Crippen molar-refractivity contribution < 1.29 is 18.3 Å². The molecule has 0 saturated carbocycles. The summed E-state index contributed by atoms with van der Waals surface area (Å²) < 4.78 is 34.0. The highest BCUT2D eigenvalue weighted by atomic mass is 35.5. The van der Waals surface area contributed by atoms with Crippen molar-refractivity contribution in [1.82, 2.24) is 4.90 Å². The zero-order valence-electron chi connectivity index (χ0n) is 19.4. The molecule has 1 aliphatic heterocycles. The van der Waals surface area contributed by atoms with E-state index in [0.29, 0.717) is 28.6 Å². The molecule has 1 aliphatic rings. The number of hydrogen-bond donors (Lipinski definition) is 1. The Bertz CT molecular complexity index is 1240. The van der Waals surface area contributed by atoms with Gasteiger partial charge in [-0.25, -0.2) is 8.42 Å².